The highest BCUT2D eigenvalue weighted by molar-refractivity contribution is 6.14. The van der Waals surface area contributed by atoms with E-state index < -0.39 is 0 Å². The molecule has 4 aromatic heterocycles. The van der Waals surface area contributed by atoms with E-state index in [-0.39, 0.29) is 11.7 Å². The fourth-order valence-electron chi connectivity index (χ4n) is 4.84. The summed E-state index contributed by atoms with van der Waals surface area (Å²) < 4.78 is 13.1. The molecule has 1 saturated carbocycles. The van der Waals surface area contributed by atoms with Crippen molar-refractivity contribution in [3.05, 3.63) is 41.2 Å². The lowest BCUT2D eigenvalue weighted by Crippen LogP contribution is -2.21. The van der Waals surface area contributed by atoms with E-state index in [9.17, 15) is 4.79 Å². The molecule has 11 nitrogen and oxygen atoms in total. The predicted octanol–water partition coefficient (Wildman–Crippen LogP) is 5.61. The van der Waals surface area contributed by atoms with Gasteiger partial charge in [-0.05, 0) is 45.7 Å². The van der Waals surface area contributed by atoms with Gasteiger partial charge >= 0.3 is 0 Å². The number of ether oxygens (including phenoxy) is 1. The summed E-state index contributed by atoms with van der Waals surface area (Å²) in [5.41, 5.74) is 4.94. The number of hydrogen-bond donors (Lipinski definition) is 3. The smallest absolute Gasteiger partial charge is 0.288 e. The number of H-pyrrole nitrogens is 1. The van der Waals surface area contributed by atoms with Gasteiger partial charge in [0.2, 0.25) is 5.82 Å². The molecule has 0 bridgehead atoms. The number of fused-ring (bicyclic) bond motifs is 3. The van der Waals surface area contributed by atoms with E-state index in [0.717, 1.165) is 57.5 Å². The minimum Gasteiger partial charge on any atom is -0.496 e. The van der Waals surface area contributed by atoms with Crippen LogP contribution in [0.4, 0.5) is 11.6 Å². The number of nitrogens with zero attached hydrogens (tertiary/aromatic N) is 5. The Bertz CT molecular complexity index is 1660. The summed E-state index contributed by atoms with van der Waals surface area (Å²) in [4.78, 5) is 25.1. The van der Waals surface area contributed by atoms with Gasteiger partial charge in [-0.3, -0.25) is 4.79 Å². The molecule has 5 aromatic rings. The zero-order valence-electron chi connectivity index (χ0n) is 23.4. The Morgan fingerprint density at radius 3 is 2.59 bits per heavy atom. The highest BCUT2D eigenvalue weighted by Crippen LogP contribution is 2.42. The Morgan fingerprint density at radius 1 is 1.21 bits per heavy atom. The summed E-state index contributed by atoms with van der Waals surface area (Å²) in [5.74, 6) is 2.90. The van der Waals surface area contributed by atoms with Crippen molar-refractivity contribution in [2.24, 2.45) is 0 Å². The standard InChI is InChI=1S/C26H28N8O3.C2H6/c1-6-34-20(11-17(32-34)14-7-8-14)29-24-22-15-10-19(36-5)16(21-12(2)33-37-13(21)3)9-18(15)28-23(22)30-25(31-24)26(35)27-4;1-2/h9-11,14H,6-8H2,1-5H3,(H,27,35)(H2,28,29,30,31);1-2H3. The molecule has 1 aromatic carbocycles. The van der Waals surface area contributed by atoms with E-state index in [1.807, 2.05) is 51.4 Å². The molecule has 0 saturated heterocycles. The Morgan fingerprint density at radius 2 is 1.97 bits per heavy atom. The molecule has 1 aliphatic carbocycles. The van der Waals surface area contributed by atoms with E-state index >= 15 is 0 Å². The van der Waals surface area contributed by atoms with Crippen LogP contribution in [0.1, 0.15) is 67.3 Å². The van der Waals surface area contributed by atoms with Crippen LogP contribution >= 0.6 is 0 Å². The van der Waals surface area contributed by atoms with Crippen LogP contribution in [0.2, 0.25) is 0 Å². The summed E-state index contributed by atoms with van der Waals surface area (Å²) in [6, 6.07) is 6.02. The lowest BCUT2D eigenvalue weighted by Gasteiger charge is -2.11. The summed E-state index contributed by atoms with van der Waals surface area (Å²) in [7, 11) is 3.19. The molecule has 1 aliphatic rings. The molecule has 4 heterocycles. The van der Waals surface area contributed by atoms with Crippen molar-refractivity contribution in [3.8, 4) is 16.9 Å². The summed E-state index contributed by atoms with van der Waals surface area (Å²) >= 11 is 0. The van der Waals surface area contributed by atoms with Gasteiger partial charge in [0, 0.05) is 42.0 Å². The zero-order chi connectivity index (χ0) is 27.8. The average molecular weight is 531 g/mol. The van der Waals surface area contributed by atoms with E-state index in [1.165, 1.54) is 0 Å². The van der Waals surface area contributed by atoms with Crippen LogP contribution in [-0.2, 0) is 6.54 Å². The highest BCUT2D eigenvalue weighted by atomic mass is 16.5. The maximum Gasteiger partial charge on any atom is 0.288 e. The van der Waals surface area contributed by atoms with Gasteiger partial charge in [-0.1, -0.05) is 19.0 Å². The van der Waals surface area contributed by atoms with E-state index in [2.05, 4.69) is 36.8 Å². The minimum atomic E-state index is -0.375. The van der Waals surface area contributed by atoms with Gasteiger partial charge in [0.1, 0.15) is 28.8 Å². The number of nitrogens with one attached hydrogen (secondary N) is 3. The number of hydrogen-bond acceptors (Lipinski definition) is 8. The number of anilines is 2. The molecule has 0 atom stereocenters. The number of aryl methyl sites for hydroxylation is 3. The van der Waals surface area contributed by atoms with E-state index in [1.54, 1.807) is 14.2 Å². The second-order valence-corrected chi connectivity index (χ2v) is 9.29. The van der Waals surface area contributed by atoms with Gasteiger partial charge in [-0.2, -0.15) is 5.10 Å². The predicted molar refractivity (Wildman–Crippen MR) is 151 cm³/mol. The quantitative estimate of drug-likeness (QED) is 0.247. The molecular formula is C28H34N8O3. The van der Waals surface area contributed by atoms with Crippen LogP contribution in [0.5, 0.6) is 5.75 Å². The van der Waals surface area contributed by atoms with Gasteiger partial charge in [-0.25, -0.2) is 14.6 Å². The van der Waals surface area contributed by atoms with E-state index in [4.69, 9.17) is 14.4 Å². The number of amides is 1. The van der Waals surface area contributed by atoms with Crippen molar-refractivity contribution in [2.45, 2.75) is 59.9 Å². The molecule has 0 radical (unpaired) electrons. The lowest BCUT2D eigenvalue weighted by atomic mass is 10.0. The molecule has 3 N–H and O–H groups in total. The molecule has 0 spiro atoms. The van der Waals surface area contributed by atoms with Crippen molar-refractivity contribution in [1.29, 1.82) is 0 Å². The van der Waals surface area contributed by atoms with Crippen LogP contribution in [0, 0.1) is 13.8 Å². The largest absolute Gasteiger partial charge is 0.496 e. The third kappa shape index (κ3) is 4.58. The first-order valence-electron chi connectivity index (χ1n) is 13.3. The molecule has 0 unspecified atom stereocenters. The molecule has 11 heteroatoms. The van der Waals surface area contributed by atoms with Gasteiger partial charge in [0.25, 0.3) is 5.91 Å². The monoisotopic (exact) mass is 530 g/mol. The molecule has 1 amide bonds. The van der Waals surface area contributed by atoms with Gasteiger partial charge in [-0.15, -0.1) is 0 Å². The average Bonchev–Trinajstić information content (AvgIpc) is 3.51. The summed E-state index contributed by atoms with van der Waals surface area (Å²) in [5, 5.41) is 16.5. The lowest BCUT2D eigenvalue weighted by molar-refractivity contribution is 0.0953. The topological polar surface area (TPSA) is 136 Å². The number of methoxy groups -OCH3 is 1. The Labute approximate surface area is 226 Å². The van der Waals surface area contributed by atoms with Crippen molar-refractivity contribution in [1.82, 2.24) is 35.2 Å². The zero-order valence-corrected chi connectivity index (χ0v) is 23.4. The first-order chi connectivity index (χ1) is 18.9. The van der Waals surface area contributed by atoms with E-state index in [0.29, 0.717) is 35.4 Å². The number of carbonyl (C=O) groups is 1. The maximum atomic E-state index is 12.6. The van der Waals surface area contributed by atoms with Crippen LogP contribution in [0.15, 0.2) is 22.7 Å². The number of carbonyl (C=O) groups excluding carboxylic acids is 1. The van der Waals surface area contributed by atoms with Gasteiger partial charge in [0.05, 0.1) is 29.4 Å². The number of aromatic nitrogens is 6. The van der Waals surface area contributed by atoms with Crippen molar-refractivity contribution in [3.63, 3.8) is 0 Å². The minimum absolute atomic E-state index is 0.0620. The summed E-state index contributed by atoms with van der Waals surface area (Å²) in [6.07, 6.45) is 2.32. The Kier molecular flexibility index (Phi) is 6.98. The van der Waals surface area contributed by atoms with Gasteiger partial charge in [0.15, 0.2) is 0 Å². The van der Waals surface area contributed by atoms with Crippen LogP contribution in [-0.4, -0.2) is 50.0 Å². The molecule has 6 rings (SSSR count). The van der Waals surface area contributed by atoms with Crippen molar-refractivity contribution in [2.75, 3.05) is 19.5 Å². The fraction of sp³-hybridized carbons (Fsp3) is 0.393. The van der Waals surface area contributed by atoms with Crippen LogP contribution in [0.3, 0.4) is 0 Å². The SMILES string of the molecule is CC.CCn1nc(C2CC2)cc1Nc1nc(C(=O)NC)nc2[nH]c3cc(-c4c(C)noc4C)c(OC)cc3c12. The highest BCUT2D eigenvalue weighted by Gasteiger charge is 2.28. The fourth-order valence-corrected chi connectivity index (χ4v) is 4.84. The number of benzene rings is 1. The van der Waals surface area contributed by atoms with Crippen LogP contribution in [0.25, 0.3) is 33.1 Å². The van der Waals surface area contributed by atoms with Crippen molar-refractivity contribution >= 4 is 39.5 Å². The first kappa shape index (κ1) is 26.2. The molecular weight excluding hydrogens is 496 g/mol. The van der Waals surface area contributed by atoms with Gasteiger partial charge < -0.3 is 24.9 Å². The Hall–Kier alpha value is -4.41. The molecule has 204 valence electrons. The third-order valence-corrected chi connectivity index (χ3v) is 6.84. The number of aromatic amines is 1. The third-order valence-electron chi connectivity index (χ3n) is 6.84. The normalized spacial score (nSPS) is 12.9. The second kappa shape index (κ2) is 10.4. The maximum absolute atomic E-state index is 12.6. The second-order valence-electron chi connectivity index (χ2n) is 9.29. The van der Waals surface area contributed by atoms with Crippen molar-refractivity contribution < 1.29 is 14.1 Å². The van der Waals surface area contributed by atoms with Crippen LogP contribution < -0.4 is 15.4 Å². The Balaban J connectivity index is 0.00000151. The molecule has 0 aliphatic heterocycles. The number of rotatable bonds is 7. The summed E-state index contributed by atoms with van der Waals surface area (Å²) in [6.45, 7) is 10.5. The molecule has 1 fully saturated rings. The first-order valence-corrected chi connectivity index (χ1v) is 13.3. The molecule has 39 heavy (non-hydrogen) atoms.